The number of phenols is 1. The molecule has 0 aliphatic carbocycles. The van der Waals surface area contributed by atoms with E-state index in [4.69, 9.17) is 4.74 Å². The molecule has 1 aliphatic rings. The highest BCUT2D eigenvalue weighted by Gasteiger charge is 2.19. The maximum absolute atomic E-state index is 9.82. The van der Waals surface area contributed by atoms with Crippen molar-refractivity contribution >= 4 is 15.9 Å². The van der Waals surface area contributed by atoms with Crippen LogP contribution in [-0.2, 0) is 4.74 Å². The Bertz CT molecular complexity index is 319. The summed E-state index contributed by atoms with van der Waals surface area (Å²) in [5.74, 6) is 0.319. The number of aromatic hydroxyl groups is 1. The quantitative estimate of drug-likeness (QED) is 0.835. The molecule has 3 heteroatoms. The van der Waals surface area contributed by atoms with E-state index >= 15 is 0 Å². The lowest BCUT2D eigenvalue weighted by Crippen LogP contribution is -2.11. The number of benzene rings is 1. The van der Waals surface area contributed by atoms with Crippen LogP contribution in [0.3, 0.4) is 0 Å². The summed E-state index contributed by atoms with van der Waals surface area (Å²) >= 11 is 3.31. The molecule has 1 heterocycles. The summed E-state index contributed by atoms with van der Waals surface area (Å²) in [6, 6.07) is 5.69. The average Bonchev–Trinajstić information content (AvgIpc) is 2.23. The summed E-state index contributed by atoms with van der Waals surface area (Å²) < 4.78 is 6.36. The number of halogens is 1. The van der Waals surface area contributed by atoms with Crippen molar-refractivity contribution in [2.24, 2.45) is 0 Å². The van der Waals surface area contributed by atoms with Gasteiger partial charge in [-0.2, -0.15) is 0 Å². The molecule has 0 aromatic heterocycles. The van der Waals surface area contributed by atoms with Crippen molar-refractivity contribution < 1.29 is 9.84 Å². The summed E-state index contributed by atoms with van der Waals surface area (Å²) in [5.41, 5.74) is 0.902. The Hall–Kier alpha value is -0.540. The van der Waals surface area contributed by atoms with Crippen molar-refractivity contribution in [1.29, 1.82) is 0 Å². The summed E-state index contributed by atoms with van der Waals surface area (Å²) in [6.07, 6.45) is 3.38. The summed E-state index contributed by atoms with van der Waals surface area (Å²) in [4.78, 5) is 0. The van der Waals surface area contributed by atoms with Gasteiger partial charge in [-0.25, -0.2) is 0 Å². The predicted octanol–water partition coefficient (Wildman–Crippen LogP) is 3.40. The van der Waals surface area contributed by atoms with E-state index in [-0.39, 0.29) is 6.10 Å². The fourth-order valence-electron chi connectivity index (χ4n) is 1.78. The zero-order valence-electron chi connectivity index (χ0n) is 7.87. The van der Waals surface area contributed by atoms with Gasteiger partial charge in [-0.3, -0.25) is 0 Å². The lowest BCUT2D eigenvalue weighted by atomic mass is 10.0. The molecule has 1 atom stereocenters. The second-order valence-corrected chi connectivity index (χ2v) is 4.39. The molecule has 0 saturated carbocycles. The molecule has 2 nitrogen and oxygen atoms in total. The zero-order chi connectivity index (χ0) is 9.97. The van der Waals surface area contributed by atoms with Gasteiger partial charge in [0.2, 0.25) is 0 Å². The van der Waals surface area contributed by atoms with Crippen molar-refractivity contribution in [3.63, 3.8) is 0 Å². The molecule has 0 radical (unpaired) electrons. The van der Waals surface area contributed by atoms with Crippen molar-refractivity contribution in [3.8, 4) is 5.75 Å². The van der Waals surface area contributed by atoms with Crippen LogP contribution in [-0.4, -0.2) is 11.7 Å². The highest BCUT2D eigenvalue weighted by molar-refractivity contribution is 9.10. The van der Waals surface area contributed by atoms with Crippen LogP contribution >= 0.6 is 15.9 Å². The van der Waals surface area contributed by atoms with Crippen LogP contribution in [0.25, 0.3) is 0 Å². The zero-order valence-corrected chi connectivity index (χ0v) is 9.46. The molecule has 1 aliphatic heterocycles. The van der Waals surface area contributed by atoms with Gasteiger partial charge < -0.3 is 9.84 Å². The normalized spacial score (nSPS) is 22.2. The summed E-state index contributed by atoms with van der Waals surface area (Å²) in [6.45, 7) is 0.802. The molecular formula is C11H13BrO2. The third-order valence-electron chi connectivity index (χ3n) is 2.54. The fraction of sp³-hybridized carbons (Fsp3) is 0.455. The highest BCUT2D eigenvalue weighted by Crippen LogP contribution is 2.37. The van der Waals surface area contributed by atoms with E-state index in [0.717, 1.165) is 29.5 Å². The maximum atomic E-state index is 9.82. The predicted molar refractivity (Wildman–Crippen MR) is 58.4 cm³/mol. The van der Waals surface area contributed by atoms with Gasteiger partial charge in [0, 0.05) is 12.2 Å². The summed E-state index contributed by atoms with van der Waals surface area (Å²) in [5, 5.41) is 9.82. The van der Waals surface area contributed by atoms with E-state index in [1.165, 1.54) is 6.42 Å². The van der Waals surface area contributed by atoms with Gasteiger partial charge in [0.15, 0.2) is 0 Å². The van der Waals surface area contributed by atoms with Crippen molar-refractivity contribution in [3.05, 3.63) is 28.2 Å². The first-order valence-electron chi connectivity index (χ1n) is 4.88. The van der Waals surface area contributed by atoms with E-state index in [1.54, 1.807) is 0 Å². The van der Waals surface area contributed by atoms with Crippen LogP contribution in [0.5, 0.6) is 5.75 Å². The van der Waals surface area contributed by atoms with Crippen LogP contribution < -0.4 is 0 Å². The van der Waals surface area contributed by atoms with Crippen LogP contribution in [0, 0.1) is 0 Å². The molecule has 0 amide bonds. The monoisotopic (exact) mass is 256 g/mol. The SMILES string of the molecule is Oc1c(Br)cccc1C1CCCCO1. The van der Waals surface area contributed by atoms with Crippen molar-refractivity contribution in [1.82, 2.24) is 0 Å². The van der Waals surface area contributed by atoms with Crippen molar-refractivity contribution in [2.75, 3.05) is 6.61 Å². The molecule has 1 unspecified atom stereocenters. The standard InChI is InChI=1S/C11H13BrO2/c12-9-5-3-4-8(11(9)13)10-6-1-2-7-14-10/h3-5,10,13H,1-2,6-7H2. The molecule has 76 valence electrons. The first kappa shape index (κ1) is 9.99. The van der Waals surface area contributed by atoms with Crippen molar-refractivity contribution in [2.45, 2.75) is 25.4 Å². The summed E-state index contributed by atoms with van der Waals surface area (Å²) in [7, 11) is 0. The van der Waals surface area contributed by atoms with Crippen LogP contribution in [0.15, 0.2) is 22.7 Å². The fourth-order valence-corrected chi connectivity index (χ4v) is 2.16. The van der Waals surface area contributed by atoms with Crippen LogP contribution in [0.2, 0.25) is 0 Å². The molecule has 0 spiro atoms. The minimum absolute atomic E-state index is 0.0706. The number of rotatable bonds is 1. The average molecular weight is 257 g/mol. The van der Waals surface area contributed by atoms with Crippen LogP contribution in [0.1, 0.15) is 30.9 Å². The number of ether oxygens (including phenoxy) is 1. The number of para-hydroxylation sites is 1. The van der Waals surface area contributed by atoms with Gasteiger partial charge >= 0.3 is 0 Å². The second kappa shape index (κ2) is 4.32. The topological polar surface area (TPSA) is 29.5 Å². The number of phenolic OH excluding ortho intramolecular Hbond substituents is 1. The van der Waals surface area contributed by atoms with Gasteiger partial charge in [-0.05, 0) is 41.3 Å². The lowest BCUT2D eigenvalue weighted by molar-refractivity contribution is 0.0136. The molecular weight excluding hydrogens is 244 g/mol. The van der Waals surface area contributed by atoms with Gasteiger partial charge in [0.05, 0.1) is 10.6 Å². The molecule has 1 N–H and O–H groups in total. The Morgan fingerprint density at radius 2 is 2.21 bits per heavy atom. The Balaban J connectivity index is 2.26. The number of hydrogen-bond acceptors (Lipinski definition) is 2. The molecule has 1 fully saturated rings. The Morgan fingerprint density at radius 3 is 2.93 bits per heavy atom. The molecule has 2 rings (SSSR count). The van der Waals surface area contributed by atoms with Gasteiger partial charge in [0.1, 0.15) is 5.75 Å². The Labute approximate surface area is 92.0 Å². The third-order valence-corrected chi connectivity index (χ3v) is 3.18. The molecule has 14 heavy (non-hydrogen) atoms. The molecule has 1 aromatic carbocycles. The molecule has 1 aromatic rings. The lowest BCUT2D eigenvalue weighted by Gasteiger charge is -2.23. The first-order chi connectivity index (χ1) is 6.79. The van der Waals surface area contributed by atoms with Gasteiger partial charge in [-0.15, -0.1) is 0 Å². The molecule has 0 bridgehead atoms. The Morgan fingerprint density at radius 1 is 1.36 bits per heavy atom. The Kier molecular flexibility index (Phi) is 3.08. The van der Waals surface area contributed by atoms with Gasteiger partial charge in [0.25, 0.3) is 0 Å². The van der Waals surface area contributed by atoms with E-state index < -0.39 is 0 Å². The van der Waals surface area contributed by atoms with Crippen LogP contribution in [0.4, 0.5) is 0 Å². The van der Waals surface area contributed by atoms with Gasteiger partial charge in [-0.1, -0.05) is 12.1 Å². The third kappa shape index (κ3) is 1.93. The largest absolute Gasteiger partial charge is 0.506 e. The van der Waals surface area contributed by atoms with E-state index in [0.29, 0.717) is 5.75 Å². The smallest absolute Gasteiger partial charge is 0.135 e. The highest BCUT2D eigenvalue weighted by atomic mass is 79.9. The number of hydrogen-bond donors (Lipinski definition) is 1. The second-order valence-electron chi connectivity index (χ2n) is 3.53. The van der Waals surface area contributed by atoms with E-state index in [9.17, 15) is 5.11 Å². The van der Waals surface area contributed by atoms with E-state index in [2.05, 4.69) is 15.9 Å². The minimum Gasteiger partial charge on any atom is -0.506 e. The first-order valence-corrected chi connectivity index (χ1v) is 5.67. The minimum atomic E-state index is 0.0706. The maximum Gasteiger partial charge on any atom is 0.135 e. The van der Waals surface area contributed by atoms with E-state index in [1.807, 2.05) is 18.2 Å². The molecule has 1 saturated heterocycles.